The van der Waals surface area contributed by atoms with Crippen LogP contribution in [0.2, 0.25) is 0 Å². The summed E-state index contributed by atoms with van der Waals surface area (Å²) in [5, 5.41) is 5.64. The first-order valence-electron chi connectivity index (χ1n) is 7.95. The molecule has 0 aromatic rings. The average molecular weight is 318 g/mol. The van der Waals surface area contributed by atoms with Gasteiger partial charge in [-0.25, -0.2) is 0 Å². The predicted octanol–water partition coefficient (Wildman–Crippen LogP) is 1.35. The Labute approximate surface area is 133 Å². The van der Waals surface area contributed by atoms with E-state index in [1.807, 2.05) is 0 Å². The van der Waals surface area contributed by atoms with Crippen LogP contribution in [0.15, 0.2) is 0 Å². The SMILES string of the molecule is Cl.NCC(NC(=O)CNC(=O)CC1CCCCC1)C1CC1. The van der Waals surface area contributed by atoms with Crippen LogP contribution in [0, 0.1) is 11.8 Å². The highest BCUT2D eigenvalue weighted by molar-refractivity contribution is 5.85. The van der Waals surface area contributed by atoms with Crippen LogP contribution in [0.4, 0.5) is 0 Å². The van der Waals surface area contributed by atoms with Crippen LogP contribution >= 0.6 is 12.4 Å². The normalized spacial score (nSPS) is 20.2. The fourth-order valence-electron chi connectivity index (χ4n) is 3.03. The summed E-state index contributed by atoms with van der Waals surface area (Å²) in [7, 11) is 0. The maximum atomic E-state index is 11.8. The minimum absolute atomic E-state index is 0. The van der Waals surface area contributed by atoms with E-state index < -0.39 is 0 Å². The van der Waals surface area contributed by atoms with Gasteiger partial charge in [0.05, 0.1) is 6.54 Å². The molecule has 0 aromatic heterocycles. The van der Waals surface area contributed by atoms with Crippen LogP contribution in [-0.2, 0) is 9.59 Å². The van der Waals surface area contributed by atoms with E-state index in [2.05, 4.69) is 10.6 Å². The monoisotopic (exact) mass is 317 g/mol. The molecule has 2 aliphatic rings. The van der Waals surface area contributed by atoms with Crippen molar-refractivity contribution in [3.63, 3.8) is 0 Å². The van der Waals surface area contributed by atoms with Gasteiger partial charge in [-0.3, -0.25) is 9.59 Å². The number of nitrogens with one attached hydrogen (secondary N) is 2. The van der Waals surface area contributed by atoms with Crippen molar-refractivity contribution in [3.05, 3.63) is 0 Å². The molecule has 2 fully saturated rings. The van der Waals surface area contributed by atoms with Gasteiger partial charge in [-0.05, 0) is 37.5 Å². The Balaban J connectivity index is 0.00000220. The average Bonchev–Trinajstić information content (AvgIpc) is 3.28. The zero-order valence-corrected chi connectivity index (χ0v) is 13.4. The quantitative estimate of drug-likeness (QED) is 0.662. The minimum Gasteiger partial charge on any atom is -0.350 e. The predicted molar refractivity (Wildman–Crippen MR) is 85.2 cm³/mol. The second-order valence-corrected chi connectivity index (χ2v) is 6.23. The molecule has 0 heterocycles. The molecule has 2 amide bonds. The summed E-state index contributed by atoms with van der Waals surface area (Å²) in [5.41, 5.74) is 5.64. The standard InChI is InChI=1S/C15H27N3O2.ClH/c16-9-13(12-6-7-12)18-15(20)10-17-14(19)8-11-4-2-1-3-5-11;/h11-13H,1-10,16H2,(H,17,19)(H,18,20);1H. The molecule has 21 heavy (non-hydrogen) atoms. The Morgan fingerprint density at radius 2 is 1.71 bits per heavy atom. The molecule has 5 nitrogen and oxygen atoms in total. The van der Waals surface area contributed by atoms with E-state index in [0.29, 0.717) is 24.8 Å². The largest absolute Gasteiger partial charge is 0.350 e. The zero-order chi connectivity index (χ0) is 14.4. The number of halogens is 1. The molecule has 0 spiro atoms. The number of rotatable bonds is 7. The molecule has 4 N–H and O–H groups in total. The van der Waals surface area contributed by atoms with E-state index in [4.69, 9.17) is 5.73 Å². The second-order valence-electron chi connectivity index (χ2n) is 6.23. The molecule has 1 unspecified atom stereocenters. The highest BCUT2D eigenvalue weighted by Crippen LogP contribution is 2.32. The van der Waals surface area contributed by atoms with Crippen molar-refractivity contribution in [2.24, 2.45) is 17.6 Å². The van der Waals surface area contributed by atoms with Gasteiger partial charge in [0.15, 0.2) is 0 Å². The molecule has 0 radical (unpaired) electrons. The lowest BCUT2D eigenvalue weighted by atomic mass is 9.87. The Morgan fingerprint density at radius 3 is 2.29 bits per heavy atom. The highest BCUT2D eigenvalue weighted by Gasteiger charge is 2.31. The third kappa shape index (κ3) is 6.66. The van der Waals surface area contributed by atoms with Crippen LogP contribution in [0.5, 0.6) is 0 Å². The number of amides is 2. The highest BCUT2D eigenvalue weighted by atomic mass is 35.5. The van der Waals surface area contributed by atoms with Crippen molar-refractivity contribution in [1.82, 2.24) is 10.6 Å². The van der Waals surface area contributed by atoms with Crippen LogP contribution in [0.1, 0.15) is 51.4 Å². The van der Waals surface area contributed by atoms with Gasteiger partial charge in [0.1, 0.15) is 0 Å². The summed E-state index contributed by atoms with van der Waals surface area (Å²) in [6.45, 7) is 0.557. The van der Waals surface area contributed by atoms with Crippen molar-refractivity contribution >= 4 is 24.2 Å². The fraction of sp³-hybridized carbons (Fsp3) is 0.867. The van der Waals surface area contributed by atoms with Gasteiger partial charge in [0, 0.05) is 19.0 Å². The van der Waals surface area contributed by atoms with Gasteiger partial charge >= 0.3 is 0 Å². The maximum absolute atomic E-state index is 11.8. The summed E-state index contributed by atoms with van der Waals surface area (Å²) in [6, 6.07) is 0.0812. The van der Waals surface area contributed by atoms with E-state index in [0.717, 1.165) is 25.7 Å². The molecule has 2 rings (SSSR count). The second kappa shape index (κ2) is 9.26. The smallest absolute Gasteiger partial charge is 0.239 e. The summed E-state index contributed by atoms with van der Waals surface area (Å²) in [5.74, 6) is 0.934. The molecule has 0 aliphatic heterocycles. The Morgan fingerprint density at radius 1 is 1.05 bits per heavy atom. The first kappa shape index (κ1) is 18.2. The topological polar surface area (TPSA) is 84.2 Å². The van der Waals surface area contributed by atoms with Crippen LogP contribution in [0.25, 0.3) is 0 Å². The molecule has 2 saturated carbocycles. The summed E-state index contributed by atoms with van der Waals surface area (Å²) in [4.78, 5) is 23.6. The van der Waals surface area contributed by atoms with Crippen molar-refractivity contribution in [1.29, 1.82) is 0 Å². The van der Waals surface area contributed by atoms with Gasteiger partial charge in [0.2, 0.25) is 11.8 Å². The molecule has 2 aliphatic carbocycles. The van der Waals surface area contributed by atoms with E-state index in [1.54, 1.807) is 0 Å². The van der Waals surface area contributed by atoms with Crippen molar-refractivity contribution in [2.75, 3.05) is 13.1 Å². The maximum Gasteiger partial charge on any atom is 0.239 e. The minimum atomic E-state index is -0.121. The van der Waals surface area contributed by atoms with E-state index >= 15 is 0 Å². The number of hydrogen-bond donors (Lipinski definition) is 3. The molecule has 122 valence electrons. The van der Waals surface area contributed by atoms with Gasteiger partial charge in [-0.2, -0.15) is 0 Å². The van der Waals surface area contributed by atoms with Gasteiger partial charge in [0.25, 0.3) is 0 Å². The fourth-order valence-corrected chi connectivity index (χ4v) is 3.03. The van der Waals surface area contributed by atoms with Crippen LogP contribution < -0.4 is 16.4 Å². The molecular weight excluding hydrogens is 290 g/mol. The van der Waals surface area contributed by atoms with Crippen LogP contribution in [0.3, 0.4) is 0 Å². The molecule has 0 saturated heterocycles. The van der Waals surface area contributed by atoms with Gasteiger partial charge in [-0.1, -0.05) is 19.3 Å². The summed E-state index contributed by atoms with van der Waals surface area (Å²) < 4.78 is 0. The van der Waals surface area contributed by atoms with E-state index in [9.17, 15) is 9.59 Å². The Kier molecular flexibility index (Phi) is 8.04. The number of carbonyl (C=O) groups excluding carboxylic acids is 2. The third-order valence-corrected chi connectivity index (χ3v) is 4.44. The first-order valence-corrected chi connectivity index (χ1v) is 7.95. The van der Waals surface area contributed by atoms with Gasteiger partial charge < -0.3 is 16.4 Å². The van der Waals surface area contributed by atoms with Crippen molar-refractivity contribution in [2.45, 2.75) is 57.4 Å². The lowest BCUT2D eigenvalue weighted by Crippen LogP contribution is -2.46. The summed E-state index contributed by atoms with van der Waals surface area (Å²) in [6.07, 6.45) is 8.92. The first-order chi connectivity index (χ1) is 9.69. The van der Waals surface area contributed by atoms with Crippen molar-refractivity contribution in [3.8, 4) is 0 Å². The van der Waals surface area contributed by atoms with Crippen LogP contribution in [-0.4, -0.2) is 30.9 Å². The zero-order valence-electron chi connectivity index (χ0n) is 12.6. The van der Waals surface area contributed by atoms with Gasteiger partial charge in [-0.15, -0.1) is 12.4 Å². The molecule has 0 aromatic carbocycles. The molecular formula is C15H28ClN3O2. The molecule has 1 atom stereocenters. The Bertz CT molecular complexity index is 342. The van der Waals surface area contributed by atoms with E-state index in [-0.39, 0.29) is 36.8 Å². The molecule has 0 bridgehead atoms. The molecule has 6 heteroatoms. The summed E-state index contributed by atoms with van der Waals surface area (Å²) >= 11 is 0. The number of nitrogens with two attached hydrogens (primary N) is 1. The van der Waals surface area contributed by atoms with Crippen molar-refractivity contribution < 1.29 is 9.59 Å². The number of hydrogen-bond acceptors (Lipinski definition) is 3. The lowest BCUT2D eigenvalue weighted by molar-refractivity contribution is -0.127. The number of carbonyl (C=O) groups is 2. The Hall–Kier alpha value is -0.810. The third-order valence-electron chi connectivity index (χ3n) is 4.44. The lowest BCUT2D eigenvalue weighted by Gasteiger charge is -2.21. The van der Waals surface area contributed by atoms with E-state index in [1.165, 1.54) is 19.3 Å².